The molecule has 0 spiro atoms. The van der Waals surface area contributed by atoms with Crippen molar-refractivity contribution in [3.05, 3.63) is 204 Å². The van der Waals surface area contributed by atoms with Gasteiger partial charge < -0.3 is 0 Å². The predicted octanol–water partition coefficient (Wildman–Crippen LogP) is 19.5. The Labute approximate surface area is 355 Å². The van der Waals surface area contributed by atoms with Gasteiger partial charge in [-0.1, -0.05) is 290 Å². The van der Waals surface area contributed by atoms with E-state index in [9.17, 15) is 0 Å². The van der Waals surface area contributed by atoms with E-state index in [1.54, 1.807) is 0 Å². The Kier molecular flexibility index (Phi) is 52.8. The Balaban J connectivity index is -0.000000185. The van der Waals surface area contributed by atoms with Gasteiger partial charge in [-0.15, -0.1) is 0 Å². The molecule has 0 aliphatic rings. The summed E-state index contributed by atoms with van der Waals surface area (Å²) in [6.45, 7) is 38.5. The zero-order valence-corrected chi connectivity index (χ0v) is 40.2. The van der Waals surface area contributed by atoms with Crippen LogP contribution < -0.4 is 0 Å². The topological polar surface area (TPSA) is 0 Å². The molecule has 0 aliphatic carbocycles. The maximum absolute atomic E-state index is 2.16. The Morgan fingerprint density at radius 2 is 0.386 bits per heavy atom. The van der Waals surface area contributed by atoms with E-state index in [-0.39, 0.29) is 0 Å². The highest BCUT2D eigenvalue weighted by Gasteiger charge is 1.93. The summed E-state index contributed by atoms with van der Waals surface area (Å²) in [6, 6.07) is 60.4. The molecule has 0 bridgehead atoms. The molecule has 0 radical (unpaired) electrons. The van der Waals surface area contributed by atoms with Crippen molar-refractivity contribution >= 4 is 21.5 Å². The molecule has 0 saturated heterocycles. The second-order valence-corrected chi connectivity index (χ2v) is 10.6. The van der Waals surface area contributed by atoms with E-state index in [2.05, 4.69) is 156 Å². The molecule has 0 aromatic heterocycles. The van der Waals surface area contributed by atoms with Crippen LogP contribution in [0.15, 0.2) is 176 Å². The smallest absolute Gasteiger partial charge is 0.0155 e. The number of aryl methyl sites for hydroxylation is 5. The zero-order chi connectivity index (χ0) is 44.7. The summed E-state index contributed by atoms with van der Waals surface area (Å²) < 4.78 is 0. The third kappa shape index (κ3) is 33.0. The Morgan fingerprint density at radius 3 is 0.579 bits per heavy atom. The maximum atomic E-state index is 2.16. The van der Waals surface area contributed by atoms with Crippen LogP contribution in [-0.4, -0.2) is 0 Å². The van der Waals surface area contributed by atoms with E-state index in [1.807, 2.05) is 152 Å². The zero-order valence-electron chi connectivity index (χ0n) is 40.2. The van der Waals surface area contributed by atoms with Crippen molar-refractivity contribution in [2.24, 2.45) is 0 Å². The van der Waals surface area contributed by atoms with Gasteiger partial charge in [0.2, 0.25) is 0 Å². The maximum Gasteiger partial charge on any atom is -0.0155 e. The van der Waals surface area contributed by atoms with Crippen LogP contribution in [0.5, 0.6) is 0 Å². The first-order valence-corrected chi connectivity index (χ1v) is 21.9. The highest BCUT2D eigenvalue weighted by molar-refractivity contribution is 5.86. The average molecular weight is 771 g/mol. The van der Waals surface area contributed by atoms with E-state index in [0.29, 0.717) is 0 Å². The Morgan fingerprint density at radius 1 is 0.193 bits per heavy atom. The fourth-order valence-corrected chi connectivity index (χ4v) is 4.38. The SMILES string of the molecule is CC.CC.CC.CC.CC.CC.CC.Cc1cccc2ccccc12.Cc1cccc2ccccc12.Cc1ccccc1.Cc1ccccc1.Cc1ccccc1. The number of hydrogen-bond donors (Lipinski definition) is 0. The minimum absolute atomic E-state index is 1.32. The van der Waals surface area contributed by atoms with E-state index in [1.165, 1.54) is 49.4 Å². The fourth-order valence-electron chi connectivity index (χ4n) is 4.38. The largest absolute Gasteiger partial charge is 0.0683 e. The van der Waals surface area contributed by atoms with Crippen LogP contribution in [0.3, 0.4) is 0 Å². The molecule has 0 aliphatic heterocycles. The van der Waals surface area contributed by atoms with Gasteiger partial charge in [0.25, 0.3) is 0 Å². The van der Waals surface area contributed by atoms with Crippen LogP contribution in [0.2, 0.25) is 0 Å². The fraction of sp³-hybridized carbons (Fsp3) is 0.333. The van der Waals surface area contributed by atoms with Crippen LogP contribution in [0.1, 0.15) is 125 Å². The van der Waals surface area contributed by atoms with E-state index in [0.717, 1.165) is 0 Å². The Bertz CT molecular complexity index is 1560. The molecule has 0 unspecified atom stereocenters. The van der Waals surface area contributed by atoms with Crippen LogP contribution in [0, 0.1) is 34.6 Å². The molecule has 7 rings (SSSR count). The molecule has 0 heteroatoms. The number of benzene rings is 7. The normalized spacial score (nSPS) is 7.91. The summed E-state index contributed by atoms with van der Waals surface area (Å²) >= 11 is 0. The van der Waals surface area contributed by atoms with Gasteiger partial charge in [-0.2, -0.15) is 0 Å². The van der Waals surface area contributed by atoms with Crippen molar-refractivity contribution in [2.75, 3.05) is 0 Å². The van der Waals surface area contributed by atoms with Gasteiger partial charge in [0, 0.05) is 0 Å². The lowest BCUT2D eigenvalue weighted by molar-refractivity contribution is 1.48. The van der Waals surface area contributed by atoms with Crippen molar-refractivity contribution < 1.29 is 0 Å². The van der Waals surface area contributed by atoms with Gasteiger partial charge in [0.15, 0.2) is 0 Å². The molecule has 0 atom stereocenters. The monoisotopic (exact) mass is 771 g/mol. The summed E-state index contributed by atoms with van der Waals surface area (Å²) in [5, 5.41) is 5.37. The van der Waals surface area contributed by atoms with Crippen molar-refractivity contribution in [1.82, 2.24) is 0 Å². The van der Waals surface area contributed by atoms with Crippen molar-refractivity contribution in [1.29, 1.82) is 0 Å². The Hall–Kier alpha value is -4.94. The first kappa shape index (κ1) is 61.3. The van der Waals surface area contributed by atoms with Gasteiger partial charge in [-0.25, -0.2) is 0 Å². The highest BCUT2D eigenvalue weighted by atomic mass is 14.0. The summed E-state index contributed by atoms with van der Waals surface area (Å²) in [7, 11) is 0. The lowest BCUT2D eigenvalue weighted by Gasteiger charge is -1.98. The first-order valence-electron chi connectivity index (χ1n) is 21.9. The number of rotatable bonds is 0. The molecule has 7 aromatic rings. The lowest BCUT2D eigenvalue weighted by Crippen LogP contribution is -1.75. The molecular formula is C57H86. The second kappa shape index (κ2) is 49.1. The molecule has 0 amide bonds. The lowest BCUT2D eigenvalue weighted by atomic mass is 10.1. The van der Waals surface area contributed by atoms with Crippen LogP contribution in [-0.2, 0) is 0 Å². The highest BCUT2D eigenvalue weighted by Crippen LogP contribution is 2.17. The molecular weight excluding hydrogens is 685 g/mol. The van der Waals surface area contributed by atoms with E-state index >= 15 is 0 Å². The van der Waals surface area contributed by atoms with Crippen molar-refractivity contribution in [3.8, 4) is 0 Å². The van der Waals surface area contributed by atoms with Gasteiger partial charge in [-0.05, 0) is 67.3 Å². The average Bonchev–Trinajstić information content (AvgIpc) is 3.31. The minimum Gasteiger partial charge on any atom is -0.0683 e. The molecule has 0 N–H and O–H groups in total. The van der Waals surface area contributed by atoms with Gasteiger partial charge >= 0.3 is 0 Å². The predicted molar refractivity (Wildman–Crippen MR) is 270 cm³/mol. The van der Waals surface area contributed by atoms with Crippen molar-refractivity contribution in [2.45, 2.75) is 132 Å². The molecule has 7 aromatic carbocycles. The van der Waals surface area contributed by atoms with E-state index in [4.69, 9.17) is 0 Å². The third-order valence-corrected chi connectivity index (χ3v) is 6.84. The summed E-state index contributed by atoms with van der Waals surface area (Å²) in [4.78, 5) is 0. The van der Waals surface area contributed by atoms with Crippen LogP contribution >= 0.6 is 0 Å². The minimum atomic E-state index is 1.32. The van der Waals surface area contributed by atoms with Gasteiger partial charge in [0.05, 0.1) is 0 Å². The summed E-state index contributed by atoms with van der Waals surface area (Å²) in [5.41, 5.74) is 6.67. The molecule has 0 heterocycles. The molecule has 0 nitrogen and oxygen atoms in total. The molecule has 0 saturated carbocycles. The summed E-state index contributed by atoms with van der Waals surface area (Å²) in [6.07, 6.45) is 0. The van der Waals surface area contributed by atoms with Gasteiger partial charge in [-0.3, -0.25) is 0 Å². The third-order valence-electron chi connectivity index (χ3n) is 6.84. The first-order chi connectivity index (χ1) is 27.9. The summed E-state index contributed by atoms with van der Waals surface area (Å²) in [5.74, 6) is 0. The van der Waals surface area contributed by atoms with Crippen molar-refractivity contribution in [3.63, 3.8) is 0 Å². The van der Waals surface area contributed by atoms with E-state index < -0.39 is 0 Å². The number of fused-ring (bicyclic) bond motifs is 2. The molecule has 314 valence electrons. The number of hydrogen-bond acceptors (Lipinski definition) is 0. The quantitative estimate of drug-likeness (QED) is 0.144. The molecule has 0 fully saturated rings. The van der Waals surface area contributed by atoms with Crippen LogP contribution in [0.25, 0.3) is 21.5 Å². The second-order valence-electron chi connectivity index (χ2n) is 10.6. The van der Waals surface area contributed by atoms with Crippen LogP contribution in [0.4, 0.5) is 0 Å². The van der Waals surface area contributed by atoms with Gasteiger partial charge in [0.1, 0.15) is 0 Å². The standard InChI is InChI=1S/2C11H10.3C7H8.7C2H6/c2*1-9-5-4-7-10-6-2-3-8-11(9)10;3*1-7-5-3-2-4-6-7;7*1-2/h2*2-8H,1H3;3*2-6H,1H3;7*1-2H3. The molecule has 57 heavy (non-hydrogen) atoms.